The van der Waals surface area contributed by atoms with Gasteiger partial charge in [0.25, 0.3) is 0 Å². The molecule has 96 valence electrons. The molecule has 0 aliphatic rings. The van der Waals surface area contributed by atoms with Crippen LogP contribution in [0.5, 0.6) is 0 Å². The van der Waals surface area contributed by atoms with Gasteiger partial charge in [-0.15, -0.1) is 0 Å². The Hall–Kier alpha value is -1.55. The molecule has 1 unspecified atom stereocenters. The van der Waals surface area contributed by atoms with Crippen LogP contribution < -0.4 is 10.6 Å². The van der Waals surface area contributed by atoms with Crippen molar-refractivity contribution in [2.24, 2.45) is 0 Å². The van der Waals surface area contributed by atoms with E-state index in [1.54, 1.807) is 11.3 Å². The first-order chi connectivity index (χ1) is 8.79. The predicted molar refractivity (Wildman–Crippen MR) is 79.4 cm³/mol. The number of rotatable bonds is 6. The molecule has 0 aliphatic heterocycles. The minimum Gasteiger partial charge on any atom is -0.370 e. The van der Waals surface area contributed by atoms with E-state index in [1.165, 1.54) is 5.56 Å². The number of nitrogens with zero attached hydrogens (tertiary/aromatic N) is 1. The maximum Gasteiger partial charge on any atom is 0.128 e. The van der Waals surface area contributed by atoms with Gasteiger partial charge in [-0.25, -0.2) is 4.98 Å². The predicted octanol–water partition coefficient (Wildman–Crippen LogP) is 4.14. The van der Waals surface area contributed by atoms with Crippen molar-refractivity contribution in [3.05, 3.63) is 40.6 Å². The lowest BCUT2D eigenvalue weighted by Crippen LogP contribution is -2.08. The van der Waals surface area contributed by atoms with E-state index in [0.29, 0.717) is 0 Å². The minimum atomic E-state index is 0.283. The summed E-state index contributed by atoms with van der Waals surface area (Å²) in [7, 11) is 0. The molecule has 0 bridgehead atoms. The topological polar surface area (TPSA) is 37.0 Å². The van der Waals surface area contributed by atoms with Crippen molar-refractivity contribution in [1.82, 2.24) is 4.98 Å². The van der Waals surface area contributed by atoms with E-state index in [9.17, 15) is 0 Å². The SMILES string of the molecule is CCCNc1cccc(NC(C)c2ccsc2)n1. The zero-order valence-corrected chi connectivity index (χ0v) is 11.6. The van der Waals surface area contributed by atoms with Crippen molar-refractivity contribution in [2.75, 3.05) is 17.2 Å². The number of hydrogen-bond acceptors (Lipinski definition) is 4. The van der Waals surface area contributed by atoms with Crippen LogP contribution in [0.1, 0.15) is 31.9 Å². The molecule has 2 aromatic rings. The number of pyridine rings is 1. The Bertz CT molecular complexity index is 468. The van der Waals surface area contributed by atoms with E-state index in [0.717, 1.165) is 24.6 Å². The van der Waals surface area contributed by atoms with Crippen molar-refractivity contribution in [2.45, 2.75) is 26.3 Å². The van der Waals surface area contributed by atoms with Gasteiger partial charge >= 0.3 is 0 Å². The molecule has 2 rings (SSSR count). The second kappa shape index (κ2) is 6.40. The summed E-state index contributed by atoms with van der Waals surface area (Å²) in [5.74, 6) is 1.84. The monoisotopic (exact) mass is 261 g/mol. The zero-order chi connectivity index (χ0) is 12.8. The van der Waals surface area contributed by atoms with Gasteiger partial charge in [-0.3, -0.25) is 0 Å². The van der Waals surface area contributed by atoms with E-state index in [2.05, 4.69) is 46.3 Å². The van der Waals surface area contributed by atoms with Gasteiger partial charge in [0.1, 0.15) is 11.6 Å². The fourth-order valence-corrected chi connectivity index (χ4v) is 2.45. The fraction of sp³-hybridized carbons (Fsp3) is 0.357. The van der Waals surface area contributed by atoms with E-state index >= 15 is 0 Å². The van der Waals surface area contributed by atoms with Gasteiger partial charge < -0.3 is 10.6 Å². The zero-order valence-electron chi connectivity index (χ0n) is 10.8. The quantitative estimate of drug-likeness (QED) is 0.820. The lowest BCUT2D eigenvalue weighted by Gasteiger charge is -2.14. The summed E-state index contributed by atoms with van der Waals surface area (Å²) in [5, 5.41) is 11.0. The number of nitrogens with one attached hydrogen (secondary N) is 2. The Morgan fingerprint density at radius 1 is 1.28 bits per heavy atom. The van der Waals surface area contributed by atoms with Crippen LogP contribution in [0.4, 0.5) is 11.6 Å². The summed E-state index contributed by atoms with van der Waals surface area (Å²) in [6, 6.07) is 8.44. The molecule has 18 heavy (non-hydrogen) atoms. The van der Waals surface area contributed by atoms with Crippen molar-refractivity contribution in [3.8, 4) is 0 Å². The molecule has 0 aliphatic carbocycles. The summed E-state index contributed by atoms with van der Waals surface area (Å²) in [4.78, 5) is 4.54. The smallest absolute Gasteiger partial charge is 0.128 e. The first-order valence-electron chi connectivity index (χ1n) is 6.29. The van der Waals surface area contributed by atoms with Crippen molar-refractivity contribution >= 4 is 23.0 Å². The molecule has 1 atom stereocenters. The lowest BCUT2D eigenvalue weighted by molar-refractivity contribution is 0.879. The van der Waals surface area contributed by atoms with Crippen LogP contribution >= 0.6 is 11.3 Å². The van der Waals surface area contributed by atoms with E-state index in [4.69, 9.17) is 0 Å². The Morgan fingerprint density at radius 3 is 2.83 bits per heavy atom. The average molecular weight is 261 g/mol. The van der Waals surface area contributed by atoms with Crippen LogP contribution in [0.2, 0.25) is 0 Å². The standard InChI is InChI=1S/C14H19N3S/c1-3-8-15-13-5-4-6-14(17-13)16-11(2)12-7-9-18-10-12/h4-7,9-11H,3,8H2,1-2H3,(H2,15,16,17). The highest BCUT2D eigenvalue weighted by atomic mass is 32.1. The van der Waals surface area contributed by atoms with Crippen LogP contribution in [0.25, 0.3) is 0 Å². The van der Waals surface area contributed by atoms with Gasteiger partial charge in [0.05, 0.1) is 6.04 Å². The largest absolute Gasteiger partial charge is 0.370 e. The summed E-state index contributed by atoms with van der Waals surface area (Å²) < 4.78 is 0. The second-order valence-corrected chi connectivity index (χ2v) is 5.04. The van der Waals surface area contributed by atoms with Gasteiger partial charge in [-0.2, -0.15) is 11.3 Å². The molecular formula is C14H19N3S. The number of thiophene rings is 1. The molecule has 0 radical (unpaired) electrons. The third-order valence-electron chi connectivity index (χ3n) is 2.71. The number of hydrogen-bond donors (Lipinski definition) is 2. The Balaban J connectivity index is 2.00. The molecule has 0 fully saturated rings. The molecule has 0 spiro atoms. The maximum atomic E-state index is 4.54. The summed E-state index contributed by atoms with van der Waals surface area (Å²) in [6.45, 7) is 5.25. The Morgan fingerprint density at radius 2 is 2.11 bits per heavy atom. The van der Waals surface area contributed by atoms with Crippen LogP contribution in [0, 0.1) is 0 Å². The van der Waals surface area contributed by atoms with E-state index < -0.39 is 0 Å². The van der Waals surface area contributed by atoms with Gasteiger partial charge in [-0.1, -0.05) is 13.0 Å². The molecule has 0 saturated heterocycles. The minimum absolute atomic E-state index is 0.283. The fourth-order valence-electron chi connectivity index (χ4n) is 1.69. The van der Waals surface area contributed by atoms with Crippen LogP contribution in [0.15, 0.2) is 35.0 Å². The maximum absolute atomic E-state index is 4.54. The highest BCUT2D eigenvalue weighted by Gasteiger charge is 2.06. The Labute approximate surface area is 112 Å². The molecule has 3 nitrogen and oxygen atoms in total. The summed E-state index contributed by atoms with van der Waals surface area (Å²) in [5.41, 5.74) is 1.30. The van der Waals surface area contributed by atoms with Gasteiger partial charge in [0.15, 0.2) is 0 Å². The first-order valence-corrected chi connectivity index (χ1v) is 7.23. The number of aromatic nitrogens is 1. The van der Waals surface area contributed by atoms with Crippen molar-refractivity contribution < 1.29 is 0 Å². The van der Waals surface area contributed by atoms with Crippen molar-refractivity contribution in [1.29, 1.82) is 0 Å². The first kappa shape index (κ1) is 12.9. The highest BCUT2D eigenvalue weighted by molar-refractivity contribution is 7.07. The van der Waals surface area contributed by atoms with Crippen LogP contribution in [-0.2, 0) is 0 Å². The molecule has 0 amide bonds. The molecular weight excluding hydrogens is 242 g/mol. The van der Waals surface area contributed by atoms with Crippen molar-refractivity contribution in [3.63, 3.8) is 0 Å². The molecule has 4 heteroatoms. The van der Waals surface area contributed by atoms with E-state index in [1.807, 2.05) is 18.2 Å². The highest BCUT2D eigenvalue weighted by Crippen LogP contribution is 2.20. The average Bonchev–Trinajstić information content (AvgIpc) is 2.91. The lowest BCUT2D eigenvalue weighted by atomic mass is 10.2. The Kier molecular flexibility index (Phi) is 4.59. The molecule has 0 aromatic carbocycles. The molecule has 2 N–H and O–H groups in total. The normalized spacial score (nSPS) is 12.1. The number of anilines is 2. The van der Waals surface area contributed by atoms with Gasteiger partial charge in [0.2, 0.25) is 0 Å². The van der Waals surface area contributed by atoms with Gasteiger partial charge in [0, 0.05) is 6.54 Å². The van der Waals surface area contributed by atoms with Crippen LogP contribution in [0.3, 0.4) is 0 Å². The van der Waals surface area contributed by atoms with Crippen LogP contribution in [-0.4, -0.2) is 11.5 Å². The summed E-state index contributed by atoms with van der Waals surface area (Å²) >= 11 is 1.72. The third-order valence-corrected chi connectivity index (χ3v) is 3.41. The summed E-state index contributed by atoms with van der Waals surface area (Å²) in [6.07, 6.45) is 1.10. The molecule has 2 aromatic heterocycles. The van der Waals surface area contributed by atoms with E-state index in [-0.39, 0.29) is 6.04 Å². The van der Waals surface area contributed by atoms with Gasteiger partial charge in [-0.05, 0) is 47.9 Å². The second-order valence-electron chi connectivity index (χ2n) is 4.26. The molecule has 0 saturated carbocycles. The molecule has 2 heterocycles. The third kappa shape index (κ3) is 3.47.